The van der Waals surface area contributed by atoms with Gasteiger partial charge < -0.3 is 14.6 Å². The van der Waals surface area contributed by atoms with Crippen molar-refractivity contribution in [3.05, 3.63) is 34.6 Å². The molecule has 6 nitrogen and oxygen atoms in total. The number of anilines is 1. The summed E-state index contributed by atoms with van der Waals surface area (Å²) in [6.07, 6.45) is 1.42. The molecule has 116 valence electrons. The highest BCUT2D eigenvalue weighted by atomic mass is 16.4. The fourth-order valence-corrected chi connectivity index (χ4v) is 3.07. The molecule has 1 atom stereocenters. The Kier molecular flexibility index (Phi) is 3.83. The van der Waals surface area contributed by atoms with E-state index >= 15 is 0 Å². The van der Waals surface area contributed by atoms with Crippen molar-refractivity contribution in [3.8, 4) is 0 Å². The lowest BCUT2D eigenvalue weighted by molar-refractivity contribution is -0.141. The largest absolute Gasteiger partial charge is 0.481 e. The SMILES string of the molecule is CCn1c(=O)c(N2CCCC(C(=O)O)C2)nc2ccccc21. The van der Waals surface area contributed by atoms with E-state index in [1.54, 1.807) is 4.57 Å². The molecule has 1 aromatic carbocycles. The van der Waals surface area contributed by atoms with Crippen LogP contribution >= 0.6 is 0 Å². The van der Waals surface area contributed by atoms with Crippen LogP contribution < -0.4 is 10.5 Å². The molecule has 0 radical (unpaired) electrons. The van der Waals surface area contributed by atoms with Gasteiger partial charge in [0.05, 0.1) is 17.0 Å². The van der Waals surface area contributed by atoms with Crippen LogP contribution in [0.4, 0.5) is 5.82 Å². The number of aliphatic carboxylic acids is 1. The maximum absolute atomic E-state index is 12.7. The molecule has 2 heterocycles. The van der Waals surface area contributed by atoms with Gasteiger partial charge in [-0.15, -0.1) is 0 Å². The number of para-hydroxylation sites is 2. The molecule has 1 N–H and O–H groups in total. The highest BCUT2D eigenvalue weighted by Crippen LogP contribution is 2.21. The molecule has 0 amide bonds. The third-order valence-electron chi connectivity index (χ3n) is 4.22. The summed E-state index contributed by atoms with van der Waals surface area (Å²) in [6.45, 7) is 3.51. The Balaban J connectivity index is 2.09. The molecular formula is C16H19N3O3. The lowest BCUT2D eigenvalue weighted by Gasteiger charge is -2.31. The van der Waals surface area contributed by atoms with E-state index in [0.29, 0.717) is 31.9 Å². The predicted molar refractivity (Wildman–Crippen MR) is 84.2 cm³/mol. The minimum atomic E-state index is -0.804. The molecule has 1 aliphatic heterocycles. The van der Waals surface area contributed by atoms with Gasteiger partial charge >= 0.3 is 5.97 Å². The standard InChI is InChI=1S/C16H19N3O3/c1-2-19-13-8-4-3-7-12(13)17-14(15(19)20)18-9-5-6-11(10-18)16(21)22/h3-4,7-8,11H,2,5-6,9-10H2,1H3,(H,21,22). The second-order valence-electron chi connectivity index (χ2n) is 5.60. The monoisotopic (exact) mass is 301 g/mol. The Hall–Kier alpha value is -2.37. The van der Waals surface area contributed by atoms with Crippen molar-refractivity contribution in [1.82, 2.24) is 9.55 Å². The molecule has 0 saturated carbocycles. The van der Waals surface area contributed by atoms with Gasteiger partial charge in [-0.2, -0.15) is 0 Å². The zero-order chi connectivity index (χ0) is 15.7. The number of carbonyl (C=O) groups is 1. The number of carboxylic acid groups (broad SMARTS) is 1. The smallest absolute Gasteiger partial charge is 0.308 e. The van der Waals surface area contributed by atoms with Crippen LogP contribution in [0.1, 0.15) is 19.8 Å². The third kappa shape index (κ3) is 2.45. The molecule has 22 heavy (non-hydrogen) atoms. The first-order valence-corrected chi connectivity index (χ1v) is 7.59. The van der Waals surface area contributed by atoms with Crippen LogP contribution in [0.3, 0.4) is 0 Å². The van der Waals surface area contributed by atoms with Gasteiger partial charge in [-0.3, -0.25) is 9.59 Å². The number of benzene rings is 1. The average Bonchev–Trinajstić information content (AvgIpc) is 2.54. The summed E-state index contributed by atoms with van der Waals surface area (Å²) in [4.78, 5) is 30.2. The summed E-state index contributed by atoms with van der Waals surface area (Å²) in [5.41, 5.74) is 1.43. The molecule has 1 saturated heterocycles. The van der Waals surface area contributed by atoms with Crippen molar-refractivity contribution in [1.29, 1.82) is 0 Å². The lowest BCUT2D eigenvalue weighted by Crippen LogP contribution is -2.42. The van der Waals surface area contributed by atoms with Gasteiger partial charge in [0, 0.05) is 19.6 Å². The Labute approximate surface area is 128 Å². The van der Waals surface area contributed by atoms with E-state index in [4.69, 9.17) is 0 Å². The van der Waals surface area contributed by atoms with Crippen LogP contribution in [-0.4, -0.2) is 33.7 Å². The maximum Gasteiger partial charge on any atom is 0.308 e. The number of hydrogen-bond donors (Lipinski definition) is 1. The molecule has 0 aliphatic carbocycles. The van der Waals surface area contributed by atoms with E-state index in [9.17, 15) is 14.7 Å². The van der Waals surface area contributed by atoms with E-state index in [2.05, 4.69) is 4.98 Å². The molecular weight excluding hydrogens is 282 g/mol. The molecule has 0 spiro atoms. The van der Waals surface area contributed by atoms with Gasteiger partial charge in [-0.25, -0.2) is 4.98 Å². The predicted octanol–water partition coefficient (Wildman–Crippen LogP) is 1.72. The molecule has 2 aromatic rings. The van der Waals surface area contributed by atoms with Crippen molar-refractivity contribution in [3.63, 3.8) is 0 Å². The normalized spacial score (nSPS) is 18.6. The highest BCUT2D eigenvalue weighted by molar-refractivity contribution is 5.76. The van der Waals surface area contributed by atoms with Crippen LogP contribution in [-0.2, 0) is 11.3 Å². The van der Waals surface area contributed by atoms with Gasteiger partial charge in [0.25, 0.3) is 5.56 Å². The summed E-state index contributed by atoms with van der Waals surface area (Å²) >= 11 is 0. The van der Waals surface area contributed by atoms with Gasteiger partial charge in [0.15, 0.2) is 5.82 Å². The Morgan fingerprint density at radius 1 is 1.41 bits per heavy atom. The van der Waals surface area contributed by atoms with Crippen molar-refractivity contribution in [2.45, 2.75) is 26.3 Å². The van der Waals surface area contributed by atoms with Crippen molar-refractivity contribution in [2.24, 2.45) is 5.92 Å². The number of carboxylic acids is 1. The van der Waals surface area contributed by atoms with Crippen molar-refractivity contribution in [2.75, 3.05) is 18.0 Å². The Bertz CT molecular complexity index is 769. The molecule has 1 aromatic heterocycles. The first-order chi connectivity index (χ1) is 10.6. The maximum atomic E-state index is 12.7. The first kappa shape index (κ1) is 14.6. The van der Waals surface area contributed by atoms with Crippen LogP contribution in [0.5, 0.6) is 0 Å². The number of aryl methyl sites for hydroxylation is 1. The molecule has 1 aliphatic rings. The van der Waals surface area contributed by atoms with Crippen LogP contribution in [0.15, 0.2) is 29.1 Å². The highest BCUT2D eigenvalue weighted by Gasteiger charge is 2.28. The van der Waals surface area contributed by atoms with E-state index in [1.807, 2.05) is 36.1 Å². The topological polar surface area (TPSA) is 75.4 Å². The van der Waals surface area contributed by atoms with Gasteiger partial charge in [0.2, 0.25) is 0 Å². The lowest BCUT2D eigenvalue weighted by atomic mass is 9.98. The van der Waals surface area contributed by atoms with Crippen LogP contribution in [0.2, 0.25) is 0 Å². The molecule has 1 fully saturated rings. The number of rotatable bonds is 3. The van der Waals surface area contributed by atoms with Gasteiger partial charge in [0.1, 0.15) is 0 Å². The van der Waals surface area contributed by atoms with Gasteiger partial charge in [-0.1, -0.05) is 12.1 Å². The van der Waals surface area contributed by atoms with E-state index < -0.39 is 11.9 Å². The quantitative estimate of drug-likeness (QED) is 0.934. The molecule has 0 bridgehead atoms. The molecule has 6 heteroatoms. The van der Waals surface area contributed by atoms with Crippen molar-refractivity contribution >= 4 is 22.8 Å². The molecule has 3 rings (SSSR count). The first-order valence-electron chi connectivity index (χ1n) is 7.59. The number of fused-ring (bicyclic) bond motifs is 1. The minimum Gasteiger partial charge on any atom is -0.481 e. The van der Waals surface area contributed by atoms with E-state index in [0.717, 1.165) is 17.5 Å². The van der Waals surface area contributed by atoms with Crippen LogP contribution in [0, 0.1) is 5.92 Å². The van der Waals surface area contributed by atoms with E-state index in [-0.39, 0.29) is 5.56 Å². The average molecular weight is 301 g/mol. The van der Waals surface area contributed by atoms with E-state index in [1.165, 1.54) is 0 Å². The number of hydrogen-bond acceptors (Lipinski definition) is 4. The summed E-state index contributed by atoms with van der Waals surface area (Å²) < 4.78 is 1.70. The zero-order valence-corrected chi connectivity index (χ0v) is 12.5. The Morgan fingerprint density at radius 2 is 2.18 bits per heavy atom. The zero-order valence-electron chi connectivity index (χ0n) is 12.5. The fraction of sp³-hybridized carbons (Fsp3) is 0.438. The minimum absolute atomic E-state index is 0.146. The second-order valence-corrected chi connectivity index (χ2v) is 5.60. The van der Waals surface area contributed by atoms with Crippen LogP contribution in [0.25, 0.3) is 11.0 Å². The number of nitrogens with zero attached hydrogens (tertiary/aromatic N) is 3. The molecule has 1 unspecified atom stereocenters. The summed E-state index contributed by atoms with van der Waals surface area (Å²) in [5, 5.41) is 9.21. The second kappa shape index (κ2) is 5.79. The number of aromatic nitrogens is 2. The summed E-state index contributed by atoms with van der Waals surface area (Å²) in [6, 6.07) is 7.53. The third-order valence-corrected chi connectivity index (χ3v) is 4.22. The van der Waals surface area contributed by atoms with Gasteiger partial charge in [-0.05, 0) is 31.9 Å². The van der Waals surface area contributed by atoms with Crippen molar-refractivity contribution < 1.29 is 9.90 Å². The number of piperidine rings is 1. The fourth-order valence-electron chi connectivity index (χ4n) is 3.07. The summed E-state index contributed by atoms with van der Waals surface area (Å²) in [7, 11) is 0. The summed E-state index contributed by atoms with van der Waals surface area (Å²) in [5.74, 6) is -0.871. The Morgan fingerprint density at radius 3 is 2.91 bits per heavy atom.